The topological polar surface area (TPSA) is 169 Å². The van der Waals surface area contributed by atoms with Crippen molar-refractivity contribution < 1.29 is 33.6 Å². The van der Waals surface area contributed by atoms with Crippen molar-refractivity contribution >= 4 is 28.5 Å². The van der Waals surface area contributed by atoms with Gasteiger partial charge in [-0.15, -0.1) is 0 Å². The molecule has 0 amide bonds. The van der Waals surface area contributed by atoms with E-state index in [1.54, 1.807) is 44.8 Å². The number of fused-ring (bicyclic) bond motifs is 1. The van der Waals surface area contributed by atoms with Crippen LogP contribution in [0.1, 0.15) is 47.4 Å². The average molecular weight is 758 g/mol. The summed E-state index contributed by atoms with van der Waals surface area (Å²) in [5.74, 6) is 2.74. The molecule has 0 aliphatic carbocycles. The number of carboxylic acids is 1. The van der Waals surface area contributed by atoms with Gasteiger partial charge in [-0.1, -0.05) is 36.4 Å². The Balaban J connectivity index is 1.16. The van der Waals surface area contributed by atoms with Gasteiger partial charge in [-0.2, -0.15) is 0 Å². The van der Waals surface area contributed by atoms with Crippen LogP contribution in [-0.4, -0.2) is 53.0 Å². The quantitative estimate of drug-likeness (QED) is 0.0990. The number of ether oxygens (including phenoxy) is 5. The maximum atomic E-state index is 13.3. The fourth-order valence-electron chi connectivity index (χ4n) is 6.66. The highest BCUT2D eigenvalue weighted by molar-refractivity contribution is 5.90. The number of benzene rings is 3. The first-order valence-electron chi connectivity index (χ1n) is 18.3. The molecule has 1 saturated heterocycles. The minimum atomic E-state index is -1.25. The molecule has 13 heteroatoms. The van der Waals surface area contributed by atoms with E-state index in [0.29, 0.717) is 88.9 Å². The second-order valence-corrected chi connectivity index (χ2v) is 13.6. The second kappa shape index (κ2) is 16.8. The molecule has 4 heterocycles. The van der Waals surface area contributed by atoms with Gasteiger partial charge in [0.1, 0.15) is 40.6 Å². The van der Waals surface area contributed by atoms with Crippen LogP contribution in [0.5, 0.6) is 28.7 Å². The Hall–Kier alpha value is -6.60. The highest BCUT2D eigenvalue weighted by Gasteiger charge is 2.21. The summed E-state index contributed by atoms with van der Waals surface area (Å²) < 4.78 is 31.2. The molecule has 0 bridgehead atoms. The monoisotopic (exact) mass is 757 g/mol. The minimum Gasteiger partial charge on any atom is -0.497 e. The van der Waals surface area contributed by atoms with Gasteiger partial charge in [0.05, 0.1) is 25.9 Å². The lowest BCUT2D eigenvalue weighted by atomic mass is 9.99. The van der Waals surface area contributed by atoms with E-state index in [2.05, 4.69) is 10.3 Å². The molecule has 1 aliphatic heterocycles. The van der Waals surface area contributed by atoms with E-state index in [1.165, 1.54) is 6.20 Å². The van der Waals surface area contributed by atoms with E-state index in [9.17, 15) is 14.7 Å². The molecule has 0 spiro atoms. The number of anilines is 2. The van der Waals surface area contributed by atoms with Gasteiger partial charge in [0, 0.05) is 61.8 Å². The van der Waals surface area contributed by atoms with Crippen LogP contribution in [0, 0.1) is 5.92 Å². The number of nitrogens with two attached hydrogens (primary N) is 1. The van der Waals surface area contributed by atoms with Crippen molar-refractivity contribution in [2.75, 3.05) is 38.5 Å². The molecule has 4 N–H and O–H groups in total. The van der Waals surface area contributed by atoms with Gasteiger partial charge in [0.25, 0.3) is 0 Å². The molecule has 0 saturated carbocycles. The van der Waals surface area contributed by atoms with Crippen molar-refractivity contribution in [2.45, 2.75) is 39.0 Å². The molecular weight excluding hydrogens is 715 g/mol. The first kappa shape index (κ1) is 37.7. The van der Waals surface area contributed by atoms with Crippen molar-refractivity contribution in [1.29, 1.82) is 0 Å². The third-order valence-corrected chi connectivity index (χ3v) is 9.79. The zero-order valence-corrected chi connectivity index (χ0v) is 31.4. The van der Waals surface area contributed by atoms with E-state index in [-0.39, 0.29) is 5.56 Å². The second-order valence-electron chi connectivity index (χ2n) is 13.6. The Morgan fingerprint density at radius 3 is 2.38 bits per heavy atom. The summed E-state index contributed by atoms with van der Waals surface area (Å²) in [6.07, 6.45) is 6.05. The zero-order valence-electron chi connectivity index (χ0n) is 31.4. The SMILES string of the molecule is COc1ccc(CNc2cc(Oc3ccc(N)nc3)c3cc(OC(C)c4ccc(-c5cn(CC6CCOCC6)cc(C(=O)O)c5=O)cc4)c(OC)cc3n2)cc1. The van der Waals surface area contributed by atoms with Gasteiger partial charge in [-0.25, -0.2) is 14.8 Å². The number of hydrogen-bond donors (Lipinski definition) is 3. The highest BCUT2D eigenvalue weighted by Crippen LogP contribution is 2.40. The van der Waals surface area contributed by atoms with Crippen LogP contribution in [0.15, 0.2) is 102 Å². The number of pyridine rings is 3. The van der Waals surface area contributed by atoms with Crippen LogP contribution in [0.3, 0.4) is 0 Å². The Bertz CT molecular complexity index is 2380. The predicted octanol–water partition coefficient (Wildman–Crippen LogP) is 7.73. The number of rotatable bonds is 14. The fourth-order valence-corrected chi connectivity index (χ4v) is 6.66. The summed E-state index contributed by atoms with van der Waals surface area (Å²) in [6.45, 7) is 4.37. The maximum absolute atomic E-state index is 13.3. The molecule has 3 aromatic carbocycles. The number of carboxylic acid groups (broad SMARTS) is 1. The molecule has 7 rings (SSSR count). The van der Waals surface area contributed by atoms with Gasteiger partial charge < -0.3 is 44.4 Å². The first-order chi connectivity index (χ1) is 27.2. The van der Waals surface area contributed by atoms with Crippen LogP contribution in [0.4, 0.5) is 11.6 Å². The summed E-state index contributed by atoms with van der Waals surface area (Å²) in [5, 5.41) is 13.9. The standard InChI is InChI=1S/C43H43N5O8/c1-26(29-6-8-30(9-7-29)34-24-48(23-28-14-16-54-17-15-28)25-35(42(34)49)43(50)51)55-39-18-33-36(19-38(39)53-3)47-41(46-21-27-4-10-31(52-2)11-5-27)20-37(33)56-32-12-13-40(44)45-22-32/h4-13,18-20,22,24-26,28H,14-17,21,23H2,1-3H3,(H2,44,45)(H,46,47)(H,50,51). The Morgan fingerprint density at radius 2 is 1.70 bits per heavy atom. The summed E-state index contributed by atoms with van der Waals surface area (Å²) in [4.78, 5) is 34.4. The lowest BCUT2D eigenvalue weighted by Crippen LogP contribution is -2.24. The maximum Gasteiger partial charge on any atom is 0.341 e. The number of methoxy groups -OCH3 is 2. The summed E-state index contributed by atoms with van der Waals surface area (Å²) in [7, 11) is 3.20. The molecule has 3 aromatic heterocycles. The molecule has 13 nitrogen and oxygen atoms in total. The van der Waals surface area contributed by atoms with E-state index in [0.717, 1.165) is 29.7 Å². The van der Waals surface area contributed by atoms with E-state index in [1.807, 2.05) is 72.2 Å². The lowest BCUT2D eigenvalue weighted by Gasteiger charge is -2.23. The number of nitrogens with zero attached hydrogens (tertiary/aromatic N) is 3. The summed E-state index contributed by atoms with van der Waals surface area (Å²) >= 11 is 0. The number of nitrogen functional groups attached to an aromatic ring is 1. The Labute approximate surface area is 323 Å². The largest absolute Gasteiger partial charge is 0.497 e. The van der Waals surface area contributed by atoms with Crippen molar-refractivity contribution in [2.24, 2.45) is 5.92 Å². The van der Waals surface area contributed by atoms with Gasteiger partial charge in [-0.05, 0) is 72.7 Å². The molecule has 1 atom stereocenters. The van der Waals surface area contributed by atoms with Crippen molar-refractivity contribution in [3.05, 3.63) is 124 Å². The number of aromatic nitrogens is 3. The van der Waals surface area contributed by atoms with Crippen molar-refractivity contribution in [1.82, 2.24) is 14.5 Å². The van der Waals surface area contributed by atoms with Crippen LogP contribution < -0.4 is 35.4 Å². The van der Waals surface area contributed by atoms with Gasteiger partial charge in [0.2, 0.25) is 5.43 Å². The Morgan fingerprint density at radius 1 is 0.946 bits per heavy atom. The van der Waals surface area contributed by atoms with E-state index < -0.39 is 17.5 Å². The normalized spacial score (nSPS) is 13.6. The minimum absolute atomic E-state index is 0.260. The molecule has 1 fully saturated rings. The summed E-state index contributed by atoms with van der Waals surface area (Å²) in [6, 6.07) is 24.0. The van der Waals surface area contributed by atoms with Crippen LogP contribution >= 0.6 is 0 Å². The van der Waals surface area contributed by atoms with Gasteiger partial charge >= 0.3 is 5.97 Å². The van der Waals surface area contributed by atoms with Crippen molar-refractivity contribution in [3.63, 3.8) is 0 Å². The summed E-state index contributed by atoms with van der Waals surface area (Å²) in [5.41, 5.74) is 8.45. The van der Waals surface area contributed by atoms with E-state index >= 15 is 0 Å². The molecule has 1 unspecified atom stereocenters. The average Bonchev–Trinajstić information content (AvgIpc) is 3.22. The predicted molar refractivity (Wildman–Crippen MR) is 213 cm³/mol. The lowest BCUT2D eigenvalue weighted by molar-refractivity contribution is 0.0609. The Kier molecular flexibility index (Phi) is 11.3. The third kappa shape index (κ3) is 8.68. The molecular formula is C43H43N5O8. The number of hydrogen-bond acceptors (Lipinski definition) is 11. The molecule has 56 heavy (non-hydrogen) atoms. The molecule has 6 aromatic rings. The molecule has 288 valence electrons. The van der Waals surface area contributed by atoms with Crippen LogP contribution in [0.2, 0.25) is 0 Å². The number of nitrogens with one attached hydrogen (secondary N) is 1. The highest BCUT2D eigenvalue weighted by atomic mass is 16.5. The number of aromatic carboxylic acids is 1. The smallest absolute Gasteiger partial charge is 0.341 e. The first-order valence-corrected chi connectivity index (χ1v) is 18.3. The molecule has 1 aliphatic rings. The zero-order chi connectivity index (χ0) is 39.2. The van der Waals surface area contributed by atoms with E-state index in [4.69, 9.17) is 34.4 Å². The third-order valence-electron chi connectivity index (χ3n) is 9.79. The van der Waals surface area contributed by atoms with Crippen LogP contribution in [-0.2, 0) is 17.8 Å². The van der Waals surface area contributed by atoms with Gasteiger partial charge in [0.15, 0.2) is 11.5 Å². The van der Waals surface area contributed by atoms with Crippen molar-refractivity contribution in [3.8, 4) is 39.9 Å². The van der Waals surface area contributed by atoms with Gasteiger partial charge in [-0.3, -0.25) is 4.79 Å². The molecule has 0 radical (unpaired) electrons. The fraction of sp³-hybridized carbons (Fsp3) is 0.256. The number of carbonyl (C=O) groups is 1. The van der Waals surface area contributed by atoms with Crippen LogP contribution in [0.25, 0.3) is 22.0 Å².